The van der Waals surface area contributed by atoms with Crippen molar-refractivity contribution in [2.75, 3.05) is 16.0 Å². The van der Waals surface area contributed by atoms with Gasteiger partial charge in [-0.3, -0.25) is 14.4 Å². The van der Waals surface area contributed by atoms with Gasteiger partial charge in [-0.1, -0.05) is 17.7 Å². The van der Waals surface area contributed by atoms with Gasteiger partial charge in [-0.25, -0.2) is 13.2 Å². The van der Waals surface area contributed by atoms with Gasteiger partial charge in [0, 0.05) is 24.4 Å². The molecule has 0 saturated heterocycles. The Balaban J connectivity index is 1.48. The van der Waals surface area contributed by atoms with Crippen molar-refractivity contribution in [2.45, 2.75) is 41.4 Å². The average Bonchev–Trinajstić information content (AvgIpc) is 3.57. The summed E-state index contributed by atoms with van der Waals surface area (Å²) >= 11 is 18.4. The Bertz CT molecular complexity index is 1820. The summed E-state index contributed by atoms with van der Waals surface area (Å²) in [7, 11) is 0. The summed E-state index contributed by atoms with van der Waals surface area (Å²) in [6.45, 7) is 0. The van der Waals surface area contributed by atoms with Crippen LogP contribution in [0.3, 0.4) is 0 Å². The lowest BCUT2D eigenvalue weighted by molar-refractivity contribution is -0.284. The third kappa shape index (κ3) is 8.15. The number of anilines is 3. The lowest BCUT2D eigenvalue weighted by Gasteiger charge is -2.19. The van der Waals surface area contributed by atoms with Crippen molar-refractivity contribution in [1.29, 1.82) is 0 Å². The van der Waals surface area contributed by atoms with Crippen LogP contribution < -0.4 is 16.0 Å². The molecule has 264 valence electrons. The molecule has 3 N–H and O–H groups in total. The smallest absolute Gasteiger partial charge is 0.326 e. The number of hydrogen-bond donors (Lipinski definition) is 3. The second kappa shape index (κ2) is 13.5. The van der Waals surface area contributed by atoms with Crippen LogP contribution in [0.25, 0.3) is 0 Å². The number of alkyl halides is 10. The number of carbonyl (C=O) groups excluding carboxylic acids is 3. The van der Waals surface area contributed by atoms with Crippen LogP contribution in [0.4, 0.5) is 65.4 Å². The van der Waals surface area contributed by atoms with Gasteiger partial charge in [-0.15, -0.1) is 23.2 Å². The third-order valence-corrected chi connectivity index (χ3v) is 8.42. The summed E-state index contributed by atoms with van der Waals surface area (Å²) in [6.07, 6.45) is -14.5. The highest BCUT2D eigenvalue weighted by Crippen LogP contribution is 2.65. The summed E-state index contributed by atoms with van der Waals surface area (Å²) in [5, 5.41) is 5.60. The van der Waals surface area contributed by atoms with E-state index >= 15 is 4.39 Å². The number of nitrogens with one attached hydrogen (secondary N) is 3. The zero-order valence-corrected chi connectivity index (χ0v) is 26.0. The molecule has 0 aromatic heterocycles. The van der Waals surface area contributed by atoms with Crippen LogP contribution in [0, 0.1) is 23.4 Å². The number of amides is 3. The zero-order valence-electron chi connectivity index (χ0n) is 23.7. The SMILES string of the molecule is O=C(CCC(F)(F)C(F)(F)F)Nc1c(F)ccc(NC(=O)c2cc(NC(=O)[C@H]3[C@H](c4ccc(F)c(C(F)(F)F)c4)C3(Cl)Cl)ccc2Cl)c1F. The fraction of sp³-hybridized carbons (Fsp3) is 0.276. The van der Waals surface area contributed by atoms with E-state index in [1.54, 1.807) is 0 Å². The molecule has 2 atom stereocenters. The Hall–Kier alpha value is -3.83. The second-order valence-electron chi connectivity index (χ2n) is 10.5. The van der Waals surface area contributed by atoms with Crippen LogP contribution in [-0.2, 0) is 15.8 Å². The first-order chi connectivity index (χ1) is 22.5. The fourth-order valence-electron chi connectivity index (χ4n) is 4.59. The fourth-order valence-corrected chi connectivity index (χ4v) is 5.62. The van der Waals surface area contributed by atoms with Gasteiger partial charge in [0.1, 0.15) is 21.7 Å². The van der Waals surface area contributed by atoms with Crippen LogP contribution in [0.15, 0.2) is 48.5 Å². The van der Waals surface area contributed by atoms with Gasteiger partial charge in [0.05, 0.1) is 27.8 Å². The molecule has 0 radical (unpaired) electrons. The predicted molar refractivity (Wildman–Crippen MR) is 155 cm³/mol. The second-order valence-corrected chi connectivity index (χ2v) is 12.4. The zero-order chi connectivity index (χ0) is 36.9. The van der Waals surface area contributed by atoms with Crippen LogP contribution in [0.2, 0.25) is 5.02 Å². The Labute approximate surface area is 282 Å². The lowest BCUT2D eigenvalue weighted by atomic mass is 10.0. The molecular weight excluding hydrogens is 754 g/mol. The molecule has 0 spiro atoms. The molecule has 1 aliphatic carbocycles. The minimum absolute atomic E-state index is 0.146. The van der Waals surface area contributed by atoms with Crippen molar-refractivity contribution in [3.63, 3.8) is 0 Å². The highest BCUT2D eigenvalue weighted by atomic mass is 35.5. The van der Waals surface area contributed by atoms with Crippen LogP contribution in [0.1, 0.15) is 40.2 Å². The van der Waals surface area contributed by atoms with Gasteiger partial charge in [0.25, 0.3) is 5.91 Å². The monoisotopic (exact) mass is 769 g/mol. The van der Waals surface area contributed by atoms with Crippen molar-refractivity contribution >= 4 is 69.6 Å². The van der Waals surface area contributed by atoms with Gasteiger partial charge in [-0.2, -0.15) is 35.1 Å². The molecule has 3 amide bonds. The molecule has 3 aromatic rings. The molecule has 6 nitrogen and oxygen atoms in total. The third-order valence-electron chi connectivity index (χ3n) is 7.15. The van der Waals surface area contributed by atoms with E-state index in [0.29, 0.717) is 24.3 Å². The van der Waals surface area contributed by atoms with Crippen molar-refractivity contribution in [3.05, 3.63) is 87.7 Å². The molecule has 49 heavy (non-hydrogen) atoms. The van der Waals surface area contributed by atoms with E-state index in [1.165, 1.54) is 11.4 Å². The van der Waals surface area contributed by atoms with E-state index < -0.39 is 105 Å². The lowest BCUT2D eigenvalue weighted by Crippen LogP contribution is -2.37. The molecule has 20 heteroatoms. The normalized spacial score (nSPS) is 17.3. The van der Waals surface area contributed by atoms with E-state index in [4.69, 9.17) is 34.8 Å². The molecule has 0 heterocycles. The van der Waals surface area contributed by atoms with Gasteiger partial charge < -0.3 is 16.0 Å². The summed E-state index contributed by atoms with van der Waals surface area (Å²) in [6, 6.07) is 6.47. The largest absolute Gasteiger partial charge is 0.453 e. The molecule has 0 bridgehead atoms. The summed E-state index contributed by atoms with van der Waals surface area (Å²) in [5.41, 5.74) is -4.46. The highest BCUT2D eigenvalue weighted by molar-refractivity contribution is 6.53. The molecule has 0 unspecified atom stereocenters. The molecule has 3 aromatic carbocycles. The Morgan fingerprint density at radius 3 is 2.04 bits per heavy atom. The van der Waals surface area contributed by atoms with E-state index in [1.807, 2.05) is 5.32 Å². The maximum absolute atomic E-state index is 15.0. The number of hydrogen-bond acceptors (Lipinski definition) is 3. The minimum Gasteiger partial charge on any atom is -0.326 e. The molecule has 4 rings (SSSR count). The first kappa shape index (κ1) is 38.0. The van der Waals surface area contributed by atoms with E-state index in [2.05, 4.69) is 5.32 Å². The van der Waals surface area contributed by atoms with Gasteiger partial charge in [-0.05, 0) is 48.0 Å². The van der Waals surface area contributed by atoms with Gasteiger partial charge in [0.2, 0.25) is 11.8 Å². The number of rotatable bonds is 9. The van der Waals surface area contributed by atoms with Crippen molar-refractivity contribution < 1.29 is 62.7 Å². The number of halogens is 14. The predicted octanol–water partition coefficient (Wildman–Crippen LogP) is 9.47. The molecular formula is C29H17Cl3F11N3O3. The van der Waals surface area contributed by atoms with Crippen LogP contribution >= 0.6 is 34.8 Å². The average molecular weight is 771 g/mol. The Morgan fingerprint density at radius 1 is 0.796 bits per heavy atom. The van der Waals surface area contributed by atoms with E-state index in [-0.39, 0.29) is 16.3 Å². The standard InChI is InChI=1S/C29H17Cl3F11N3O3/c30-15-3-2-12(44-25(49)21-20(27(21,31)32)11-1-4-16(33)14(9-11)28(38,39)40)10-13(15)24(48)45-18-6-5-17(34)23(22(18)35)46-19(47)7-8-26(36,37)29(41,42)43/h1-6,9-10,20-21H,7-8H2,(H,44,49)(H,45,48)(H,46,47)/t20-,21+/m0/s1. The van der Waals surface area contributed by atoms with Crippen LogP contribution in [-0.4, -0.2) is 34.2 Å². The van der Waals surface area contributed by atoms with Crippen molar-refractivity contribution in [3.8, 4) is 0 Å². The summed E-state index contributed by atoms with van der Waals surface area (Å²) < 4.78 is 144. The van der Waals surface area contributed by atoms with E-state index in [0.717, 1.165) is 18.2 Å². The topological polar surface area (TPSA) is 87.3 Å². The van der Waals surface area contributed by atoms with Gasteiger partial charge >= 0.3 is 18.3 Å². The quantitative estimate of drug-likeness (QED) is 0.150. The minimum atomic E-state index is -5.97. The molecule has 1 aliphatic rings. The maximum atomic E-state index is 15.0. The first-order valence-electron chi connectivity index (χ1n) is 13.3. The van der Waals surface area contributed by atoms with Crippen LogP contribution in [0.5, 0.6) is 0 Å². The Kier molecular flexibility index (Phi) is 10.4. The highest BCUT2D eigenvalue weighted by Gasteiger charge is 2.68. The molecule has 0 aliphatic heterocycles. The summed E-state index contributed by atoms with van der Waals surface area (Å²) in [5.74, 6) is -16.2. The molecule has 1 fully saturated rings. The molecule has 1 saturated carbocycles. The van der Waals surface area contributed by atoms with E-state index in [9.17, 15) is 58.3 Å². The Morgan fingerprint density at radius 2 is 1.43 bits per heavy atom. The summed E-state index contributed by atoms with van der Waals surface area (Å²) in [4.78, 5) is 37.9. The maximum Gasteiger partial charge on any atom is 0.453 e. The number of benzene rings is 3. The first-order valence-corrected chi connectivity index (χ1v) is 14.5. The van der Waals surface area contributed by atoms with Gasteiger partial charge in [0.15, 0.2) is 5.82 Å². The number of carbonyl (C=O) groups is 3. The van der Waals surface area contributed by atoms with Crippen molar-refractivity contribution in [2.24, 2.45) is 5.92 Å². The van der Waals surface area contributed by atoms with Crippen molar-refractivity contribution in [1.82, 2.24) is 0 Å².